The molecule has 2 saturated heterocycles. The Morgan fingerprint density at radius 1 is 1.10 bits per heavy atom. The summed E-state index contributed by atoms with van der Waals surface area (Å²) in [5.74, 6) is 0.338. The summed E-state index contributed by atoms with van der Waals surface area (Å²) in [5, 5.41) is 10.4. The fourth-order valence-corrected chi connectivity index (χ4v) is 4.82. The first-order valence-corrected chi connectivity index (χ1v) is 10.0. The summed E-state index contributed by atoms with van der Waals surface area (Å²) in [4.78, 5) is 17.2. The van der Waals surface area contributed by atoms with Gasteiger partial charge in [-0.1, -0.05) is 30.3 Å². The third-order valence-corrected chi connectivity index (χ3v) is 6.24. The van der Waals surface area contributed by atoms with E-state index in [-0.39, 0.29) is 11.5 Å². The third kappa shape index (κ3) is 3.38. The van der Waals surface area contributed by atoms with Crippen molar-refractivity contribution in [3.8, 4) is 0 Å². The zero-order chi connectivity index (χ0) is 20.0. The molecule has 0 aliphatic carbocycles. The van der Waals surface area contributed by atoms with Crippen LogP contribution in [0.25, 0.3) is 10.8 Å². The van der Waals surface area contributed by atoms with Crippen LogP contribution in [0, 0.1) is 17.7 Å². The number of aromatic nitrogens is 2. The van der Waals surface area contributed by atoms with Gasteiger partial charge < -0.3 is 9.80 Å². The maximum Gasteiger partial charge on any atom is 0.256 e. The van der Waals surface area contributed by atoms with Crippen LogP contribution in [0.3, 0.4) is 0 Å². The summed E-state index contributed by atoms with van der Waals surface area (Å²) in [7, 11) is 2.11. The second kappa shape index (κ2) is 7.19. The number of nitrogens with zero attached hydrogens (tertiary/aromatic N) is 4. The smallest absolute Gasteiger partial charge is 0.256 e. The van der Waals surface area contributed by atoms with Gasteiger partial charge in [0.1, 0.15) is 5.82 Å². The number of fused-ring (bicyclic) bond motifs is 2. The summed E-state index contributed by atoms with van der Waals surface area (Å²) in [6.07, 6.45) is 2.24. The number of hydrogen-bond acceptors (Lipinski definition) is 4. The van der Waals surface area contributed by atoms with Gasteiger partial charge in [-0.25, -0.2) is 4.39 Å². The Morgan fingerprint density at radius 2 is 1.86 bits per heavy atom. The van der Waals surface area contributed by atoms with Crippen LogP contribution in [-0.2, 0) is 6.42 Å². The third-order valence-electron chi connectivity index (χ3n) is 6.24. The minimum atomic E-state index is -0.461. The lowest BCUT2D eigenvalue weighted by molar-refractivity contribution is 0.0771. The van der Waals surface area contributed by atoms with E-state index in [1.165, 1.54) is 6.07 Å². The predicted octanol–water partition coefficient (Wildman–Crippen LogP) is 2.99. The lowest BCUT2D eigenvalue weighted by Crippen LogP contribution is -2.32. The van der Waals surface area contributed by atoms with Crippen LogP contribution in [0.4, 0.5) is 4.39 Å². The van der Waals surface area contributed by atoms with Gasteiger partial charge >= 0.3 is 0 Å². The van der Waals surface area contributed by atoms with E-state index < -0.39 is 5.82 Å². The highest BCUT2D eigenvalue weighted by Gasteiger charge is 2.40. The van der Waals surface area contributed by atoms with Crippen LogP contribution in [0.15, 0.2) is 48.7 Å². The Balaban J connectivity index is 1.40. The monoisotopic (exact) mass is 390 g/mol. The van der Waals surface area contributed by atoms with Crippen molar-refractivity contribution in [3.05, 3.63) is 71.3 Å². The van der Waals surface area contributed by atoms with Crippen molar-refractivity contribution in [2.24, 2.45) is 11.8 Å². The van der Waals surface area contributed by atoms with Crippen LogP contribution < -0.4 is 0 Å². The zero-order valence-corrected chi connectivity index (χ0v) is 16.4. The van der Waals surface area contributed by atoms with E-state index in [4.69, 9.17) is 0 Å². The highest BCUT2D eigenvalue weighted by atomic mass is 19.1. The number of rotatable bonds is 3. The molecule has 2 aliphatic heterocycles. The summed E-state index contributed by atoms with van der Waals surface area (Å²) in [6, 6.07) is 12.7. The first-order chi connectivity index (χ1) is 14.1. The van der Waals surface area contributed by atoms with Gasteiger partial charge in [0.15, 0.2) is 0 Å². The normalized spacial score (nSPS) is 21.7. The van der Waals surface area contributed by atoms with Gasteiger partial charge in [-0.05, 0) is 36.6 Å². The molecule has 3 aromatic rings. The molecule has 0 N–H and O–H groups in total. The Hall–Kier alpha value is -2.86. The molecular formula is C23H23FN4O. The van der Waals surface area contributed by atoms with Crippen LogP contribution in [0.1, 0.15) is 21.6 Å². The van der Waals surface area contributed by atoms with Crippen LogP contribution in [0.5, 0.6) is 0 Å². The summed E-state index contributed by atoms with van der Waals surface area (Å²) in [5.41, 5.74) is 1.84. The largest absolute Gasteiger partial charge is 0.338 e. The van der Waals surface area contributed by atoms with Gasteiger partial charge in [-0.3, -0.25) is 4.79 Å². The highest BCUT2D eigenvalue weighted by molar-refractivity contribution is 5.95. The molecule has 2 aromatic carbocycles. The zero-order valence-electron chi connectivity index (χ0n) is 16.4. The molecule has 6 heteroatoms. The second-order valence-corrected chi connectivity index (χ2v) is 8.32. The molecule has 29 heavy (non-hydrogen) atoms. The molecule has 5 rings (SSSR count). The van der Waals surface area contributed by atoms with Gasteiger partial charge in [-0.15, -0.1) is 0 Å². The quantitative estimate of drug-likeness (QED) is 0.690. The molecule has 1 amide bonds. The molecule has 1 aromatic heterocycles. The molecule has 2 fully saturated rings. The van der Waals surface area contributed by atoms with Crippen molar-refractivity contribution < 1.29 is 9.18 Å². The number of amides is 1. The molecular weight excluding hydrogens is 367 g/mol. The number of likely N-dealkylation sites (tertiary alicyclic amines) is 2. The van der Waals surface area contributed by atoms with Gasteiger partial charge in [-0.2, -0.15) is 10.2 Å². The Morgan fingerprint density at radius 3 is 2.66 bits per heavy atom. The number of carbonyl (C=O) groups is 1. The number of carbonyl (C=O) groups excluding carboxylic acids is 1. The van der Waals surface area contributed by atoms with Crippen molar-refractivity contribution in [1.82, 2.24) is 20.0 Å². The average Bonchev–Trinajstić information content (AvgIpc) is 3.27. The average molecular weight is 390 g/mol. The van der Waals surface area contributed by atoms with E-state index >= 15 is 0 Å². The molecule has 2 unspecified atom stereocenters. The Labute approximate surface area is 169 Å². The van der Waals surface area contributed by atoms with E-state index in [1.54, 1.807) is 18.3 Å². The van der Waals surface area contributed by atoms with Crippen LogP contribution in [0.2, 0.25) is 0 Å². The maximum absolute atomic E-state index is 14.5. The van der Waals surface area contributed by atoms with E-state index in [0.29, 0.717) is 31.3 Å². The lowest BCUT2D eigenvalue weighted by atomic mass is 10.0. The molecule has 0 spiro atoms. The summed E-state index contributed by atoms with van der Waals surface area (Å²) >= 11 is 0. The fourth-order valence-electron chi connectivity index (χ4n) is 4.82. The minimum Gasteiger partial charge on any atom is -0.338 e. The Kier molecular flexibility index (Phi) is 4.51. The van der Waals surface area contributed by atoms with E-state index in [9.17, 15) is 9.18 Å². The van der Waals surface area contributed by atoms with Gasteiger partial charge in [0, 0.05) is 43.4 Å². The number of hydrogen-bond donors (Lipinski definition) is 0. The highest BCUT2D eigenvalue weighted by Crippen LogP contribution is 2.31. The molecule has 5 nitrogen and oxygen atoms in total. The fraction of sp³-hybridized carbons (Fsp3) is 0.348. The standard InChI is InChI=1S/C23H23FN4O/c1-27-11-17-13-28(14-18(17)12-27)23(29)20-8-15(6-7-21(20)24)9-22-19-5-3-2-4-16(19)10-25-26-22/h2-8,10,17-18H,9,11-14H2,1H3. The molecule has 148 valence electrons. The lowest BCUT2D eigenvalue weighted by Gasteiger charge is -2.20. The van der Waals surface area contributed by atoms with E-state index in [0.717, 1.165) is 35.1 Å². The van der Waals surface area contributed by atoms with E-state index in [1.807, 2.05) is 29.2 Å². The van der Waals surface area contributed by atoms with Crippen LogP contribution >= 0.6 is 0 Å². The van der Waals surface area contributed by atoms with Crippen molar-refractivity contribution >= 4 is 16.7 Å². The molecule has 3 heterocycles. The minimum absolute atomic E-state index is 0.157. The molecule has 2 aliphatic rings. The molecule has 2 atom stereocenters. The topological polar surface area (TPSA) is 49.3 Å². The molecule has 0 radical (unpaired) electrons. The number of benzene rings is 2. The van der Waals surface area contributed by atoms with E-state index in [2.05, 4.69) is 22.1 Å². The van der Waals surface area contributed by atoms with Crippen molar-refractivity contribution in [3.63, 3.8) is 0 Å². The second-order valence-electron chi connectivity index (χ2n) is 8.32. The maximum atomic E-state index is 14.5. The van der Waals surface area contributed by atoms with Crippen molar-refractivity contribution in [2.45, 2.75) is 6.42 Å². The SMILES string of the molecule is CN1CC2CN(C(=O)c3cc(Cc4nncc5ccccc45)ccc3F)CC2C1. The summed E-state index contributed by atoms with van der Waals surface area (Å²) in [6.45, 7) is 3.45. The van der Waals surface area contributed by atoms with Crippen LogP contribution in [-0.4, -0.2) is 59.1 Å². The molecule has 0 bridgehead atoms. The summed E-state index contributed by atoms with van der Waals surface area (Å²) < 4.78 is 14.5. The molecule has 0 saturated carbocycles. The van der Waals surface area contributed by atoms with Gasteiger partial charge in [0.25, 0.3) is 5.91 Å². The Bertz CT molecular complexity index is 1070. The number of halogens is 1. The van der Waals surface area contributed by atoms with Crippen molar-refractivity contribution in [2.75, 3.05) is 33.2 Å². The first kappa shape index (κ1) is 18.2. The van der Waals surface area contributed by atoms with Crippen molar-refractivity contribution in [1.29, 1.82) is 0 Å². The van der Waals surface area contributed by atoms with Gasteiger partial charge in [0.2, 0.25) is 0 Å². The predicted molar refractivity (Wildman–Crippen MR) is 109 cm³/mol. The first-order valence-electron chi connectivity index (χ1n) is 10.0. The van der Waals surface area contributed by atoms with Gasteiger partial charge in [0.05, 0.1) is 17.5 Å².